The minimum atomic E-state index is -3.37. The average molecular weight is 217 g/mol. The van der Waals surface area contributed by atoms with Crippen molar-refractivity contribution in [1.82, 2.24) is 4.31 Å². The third-order valence-electron chi connectivity index (χ3n) is 2.06. The molecule has 5 heteroatoms. The highest BCUT2D eigenvalue weighted by atomic mass is 32.2. The molecule has 1 rings (SSSR count). The first-order chi connectivity index (χ1) is 6.25. The predicted molar refractivity (Wildman–Crippen MR) is 54.4 cm³/mol. The van der Waals surface area contributed by atoms with Crippen molar-refractivity contribution in [3.8, 4) is 0 Å². The van der Waals surface area contributed by atoms with Crippen LogP contribution in [0.3, 0.4) is 0 Å². The van der Waals surface area contributed by atoms with Crippen LogP contribution in [0.15, 0.2) is 12.2 Å². The number of sulfonamides is 1. The number of rotatable bonds is 1. The number of carbonyl (C=O) groups excluding carboxylic acids is 1. The van der Waals surface area contributed by atoms with Gasteiger partial charge in [-0.05, 0) is 26.8 Å². The van der Waals surface area contributed by atoms with Crippen molar-refractivity contribution in [2.45, 2.75) is 25.5 Å². The van der Waals surface area contributed by atoms with Crippen molar-refractivity contribution in [3.63, 3.8) is 0 Å². The number of hydrogen-bond acceptors (Lipinski definition) is 3. The van der Waals surface area contributed by atoms with E-state index in [-0.39, 0.29) is 12.3 Å². The van der Waals surface area contributed by atoms with Gasteiger partial charge >= 0.3 is 0 Å². The molecule has 1 aliphatic heterocycles. The van der Waals surface area contributed by atoms with Gasteiger partial charge in [-0.2, -0.15) is 4.31 Å². The maximum atomic E-state index is 11.9. The Morgan fingerprint density at radius 3 is 2.36 bits per heavy atom. The highest BCUT2D eigenvalue weighted by molar-refractivity contribution is 7.90. The zero-order chi connectivity index (χ0) is 11.0. The Labute approximate surface area is 84.6 Å². The summed E-state index contributed by atoms with van der Waals surface area (Å²) in [5, 5.41) is 0. The highest BCUT2D eigenvalue weighted by Crippen LogP contribution is 2.21. The molecule has 0 saturated heterocycles. The Hall–Kier alpha value is -0.680. The van der Waals surface area contributed by atoms with E-state index in [1.807, 2.05) is 0 Å². The smallest absolute Gasteiger partial charge is 0.219 e. The largest absolute Gasteiger partial charge is 0.293 e. The van der Waals surface area contributed by atoms with E-state index in [0.29, 0.717) is 6.54 Å². The Morgan fingerprint density at radius 1 is 1.36 bits per heavy atom. The van der Waals surface area contributed by atoms with Crippen LogP contribution in [0.5, 0.6) is 0 Å². The summed E-state index contributed by atoms with van der Waals surface area (Å²) < 4.78 is 24.2. The lowest BCUT2D eigenvalue weighted by molar-refractivity contribution is -0.115. The number of nitrogens with zero attached hydrogens (tertiary/aromatic N) is 1. The fraction of sp³-hybridized carbons (Fsp3) is 0.667. The molecule has 0 radical (unpaired) electrons. The Bertz CT molecular complexity index is 362. The monoisotopic (exact) mass is 217 g/mol. The van der Waals surface area contributed by atoms with Crippen LogP contribution >= 0.6 is 0 Å². The van der Waals surface area contributed by atoms with Gasteiger partial charge in [-0.1, -0.05) is 6.08 Å². The minimum absolute atomic E-state index is 0.0316. The summed E-state index contributed by atoms with van der Waals surface area (Å²) in [6, 6.07) is 0. The van der Waals surface area contributed by atoms with Crippen molar-refractivity contribution in [3.05, 3.63) is 12.2 Å². The molecule has 0 N–H and O–H groups in total. The summed E-state index contributed by atoms with van der Waals surface area (Å²) in [7, 11) is -3.37. The van der Waals surface area contributed by atoms with Crippen molar-refractivity contribution in [2.75, 3.05) is 13.1 Å². The highest BCUT2D eigenvalue weighted by Gasteiger charge is 2.36. The van der Waals surface area contributed by atoms with Gasteiger partial charge in [0.2, 0.25) is 10.0 Å². The maximum absolute atomic E-state index is 11.9. The van der Waals surface area contributed by atoms with E-state index in [1.165, 1.54) is 10.4 Å². The van der Waals surface area contributed by atoms with Crippen LogP contribution < -0.4 is 0 Å². The van der Waals surface area contributed by atoms with Crippen LogP contribution in [-0.4, -0.2) is 36.3 Å². The van der Waals surface area contributed by atoms with Gasteiger partial charge in [0.15, 0.2) is 5.78 Å². The molecule has 0 aromatic heterocycles. The topological polar surface area (TPSA) is 54.5 Å². The first-order valence-electron chi connectivity index (χ1n) is 4.44. The fourth-order valence-electron chi connectivity index (χ4n) is 1.16. The van der Waals surface area contributed by atoms with Crippen molar-refractivity contribution < 1.29 is 13.2 Å². The summed E-state index contributed by atoms with van der Waals surface area (Å²) >= 11 is 0. The third kappa shape index (κ3) is 2.04. The van der Waals surface area contributed by atoms with E-state index in [9.17, 15) is 13.2 Å². The van der Waals surface area contributed by atoms with Crippen molar-refractivity contribution in [1.29, 1.82) is 0 Å². The second-order valence-corrected chi connectivity index (χ2v) is 6.97. The molecule has 0 saturated carbocycles. The molecular weight excluding hydrogens is 202 g/mol. The van der Waals surface area contributed by atoms with E-state index >= 15 is 0 Å². The summed E-state index contributed by atoms with van der Waals surface area (Å²) in [5.74, 6) is -0.163. The molecule has 80 valence electrons. The molecule has 1 heterocycles. The van der Waals surface area contributed by atoms with Gasteiger partial charge in [-0.15, -0.1) is 0 Å². The summed E-state index contributed by atoms with van der Waals surface area (Å²) in [4.78, 5) is 11.1. The molecule has 0 aromatic rings. The SMILES string of the molecule is CC(C)(C)S(=O)(=O)N1CC=CC(=O)C1. The molecule has 1 aliphatic rings. The van der Waals surface area contributed by atoms with Crippen LogP contribution in [-0.2, 0) is 14.8 Å². The fourth-order valence-corrected chi connectivity index (χ4v) is 2.52. The van der Waals surface area contributed by atoms with E-state index in [0.717, 1.165) is 0 Å². The van der Waals surface area contributed by atoms with Crippen molar-refractivity contribution >= 4 is 15.8 Å². The molecule has 0 spiro atoms. The van der Waals surface area contributed by atoms with E-state index < -0.39 is 14.8 Å². The minimum Gasteiger partial charge on any atom is -0.293 e. The predicted octanol–water partition coefficient (Wildman–Crippen LogP) is 0.556. The summed E-state index contributed by atoms with van der Waals surface area (Å²) in [6.07, 6.45) is 3.00. The Kier molecular flexibility index (Phi) is 2.83. The standard InChI is InChI=1S/C9H15NO3S/c1-9(2,3)14(12,13)10-6-4-5-8(11)7-10/h4-5H,6-7H2,1-3H3. The van der Waals surface area contributed by atoms with Crippen LogP contribution in [0.2, 0.25) is 0 Å². The van der Waals surface area contributed by atoms with E-state index in [1.54, 1.807) is 26.8 Å². The molecule has 0 unspecified atom stereocenters. The van der Waals surface area contributed by atoms with E-state index in [2.05, 4.69) is 0 Å². The van der Waals surface area contributed by atoms with Crippen LogP contribution in [0.25, 0.3) is 0 Å². The lowest BCUT2D eigenvalue weighted by Crippen LogP contribution is -2.46. The van der Waals surface area contributed by atoms with Crippen LogP contribution in [0, 0.1) is 0 Å². The molecular formula is C9H15NO3S. The van der Waals surface area contributed by atoms with Gasteiger partial charge in [0.1, 0.15) is 0 Å². The lowest BCUT2D eigenvalue weighted by Gasteiger charge is -2.29. The lowest BCUT2D eigenvalue weighted by atomic mass is 10.3. The molecule has 0 fully saturated rings. The van der Waals surface area contributed by atoms with Crippen LogP contribution in [0.1, 0.15) is 20.8 Å². The van der Waals surface area contributed by atoms with Crippen molar-refractivity contribution in [2.24, 2.45) is 0 Å². The number of hydrogen-bond donors (Lipinski definition) is 0. The second-order valence-electron chi connectivity index (χ2n) is 4.28. The summed E-state index contributed by atoms with van der Waals surface area (Å²) in [5.41, 5.74) is 0. The van der Waals surface area contributed by atoms with Crippen LogP contribution in [0.4, 0.5) is 0 Å². The Morgan fingerprint density at radius 2 is 1.93 bits per heavy atom. The van der Waals surface area contributed by atoms with Gasteiger partial charge in [0, 0.05) is 6.54 Å². The van der Waals surface area contributed by atoms with E-state index in [4.69, 9.17) is 0 Å². The van der Waals surface area contributed by atoms with Gasteiger partial charge in [-0.3, -0.25) is 4.79 Å². The maximum Gasteiger partial charge on any atom is 0.219 e. The number of ketones is 1. The normalized spacial score (nSPS) is 20.1. The number of carbonyl (C=O) groups is 1. The third-order valence-corrected chi connectivity index (χ3v) is 4.56. The molecule has 0 aliphatic carbocycles. The first kappa shape index (κ1) is 11.4. The molecule has 0 atom stereocenters. The van der Waals surface area contributed by atoms with Gasteiger partial charge in [0.05, 0.1) is 11.3 Å². The molecule has 0 amide bonds. The average Bonchev–Trinajstić information content (AvgIpc) is 2.02. The Balaban J connectivity index is 2.96. The molecule has 14 heavy (non-hydrogen) atoms. The zero-order valence-corrected chi connectivity index (χ0v) is 9.47. The zero-order valence-electron chi connectivity index (χ0n) is 8.65. The molecule has 0 bridgehead atoms. The molecule has 0 aromatic carbocycles. The van der Waals surface area contributed by atoms with Gasteiger partial charge in [-0.25, -0.2) is 8.42 Å². The second kappa shape index (κ2) is 3.47. The van der Waals surface area contributed by atoms with Gasteiger partial charge < -0.3 is 0 Å². The summed E-state index contributed by atoms with van der Waals surface area (Å²) in [6.45, 7) is 5.16. The first-order valence-corrected chi connectivity index (χ1v) is 5.88. The quantitative estimate of drug-likeness (QED) is 0.644. The molecule has 4 nitrogen and oxygen atoms in total. The van der Waals surface area contributed by atoms with Gasteiger partial charge in [0.25, 0.3) is 0 Å².